The molecule has 0 aliphatic heterocycles. The summed E-state index contributed by atoms with van der Waals surface area (Å²) in [4.78, 5) is 11.6. The molecule has 1 spiro atoms. The molecule has 0 heterocycles. The minimum Gasteiger partial charge on any atom is -0.327 e. The topological polar surface area (TPSA) is 43.1 Å². The summed E-state index contributed by atoms with van der Waals surface area (Å²) >= 11 is 0. The standard InChI is InChI=1S/C14H23NO/c1-9(16)11-3-2-6-14(8-11)12-5-4-10(7-12)13(14)15/h10-13H,2-8,15H2,1H3/t10-,11+,12+,13-,14+/m0/s1. The van der Waals surface area contributed by atoms with E-state index in [-0.39, 0.29) is 0 Å². The highest BCUT2D eigenvalue weighted by Gasteiger charge is 2.57. The van der Waals surface area contributed by atoms with Crippen LogP contribution in [0.5, 0.6) is 0 Å². The smallest absolute Gasteiger partial charge is 0.132 e. The van der Waals surface area contributed by atoms with Crippen LogP contribution >= 0.6 is 0 Å². The van der Waals surface area contributed by atoms with Crippen LogP contribution < -0.4 is 5.73 Å². The Hall–Kier alpha value is -0.370. The number of rotatable bonds is 1. The van der Waals surface area contributed by atoms with Gasteiger partial charge in [0.15, 0.2) is 0 Å². The molecule has 2 N–H and O–H groups in total. The molecule has 3 fully saturated rings. The fourth-order valence-corrected chi connectivity index (χ4v) is 4.97. The van der Waals surface area contributed by atoms with E-state index in [1.54, 1.807) is 6.92 Å². The molecule has 16 heavy (non-hydrogen) atoms. The minimum absolute atomic E-state index is 0.319. The van der Waals surface area contributed by atoms with E-state index < -0.39 is 0 Å². The zero-order valence-electron chi connectivity index (χ0n) is 10.2. The lowest BCUT2D eigenvalue weighted by molar-refractivity contribution is -0.124. The first-order valence-electron chi connectivity index (χ1n) is 6.89. The lowest BCUT2D eigenvalue weighted by atomic mass is 9.59. The van der Waals surface area contributed by atoms with Gasteiger partial charge in [-0.15, -0.1) is 0 Å². The molecule has 2 bridgehead atoms. The van der Waals surface area contributed by atoms with Gasteiger partial charge in [0.2, 0.25) is 0 Å². The second-order valence-corrected chi connectivity index (χ2v) is 6.43. The summed E-state index contributed by atoms with van der Waals surface area (Å²) in [6.45, 7) is 1.77. The number of hydrogen-bond acceptors (Lipinski definition) is 2. The summed E-state index contributed by atoms with van der Waals surface area (Å²) in [5.41, 5.74) is 6.84. The number of ketones is 1. The third-order valence-electron chi connectivity index (χ3n) is 5.85. The number of Topliss-reactive ketones (excluding diaryl/α,β-unsaturated/α-hetero) is 1. The molecule has 3 aliphatic carbocycles. The Morgan fingerprint density at radius 1 is 1.31 bits per heavy atom. The van der Waals surface area contributed by atoms with Gasteiger partial charge in [0.25, 0.3) is 0 Å². The van der Waals surface area contributed by atoms with Gasteiger partial charge in [-0.25, -0.2) is 0 Å². The summed E-state index contributed by atoms with van der Waals surface area (Å²) in [5, 5.41) is 0. The Kier molecular flexibility index (Phi) is 2.39. The fourth-order valence-electron chi connectivity index (χ4n) is 4.97. The molecule has 3 saturated carbocycles. The van der Waals surface area contributed by atoms with E-state index in [1.807, 2.05) is 0 Å². The van der Waals surface area contributed by atoms with Crippen LogP contribution in [0.4, 0.5) is 0 Å². The Bertz CT molecular complexity index is 310. The van der Waals surface area contributed by atoms with Gasteiger partial charge >= 0.3 is 0 Å². The van der Waals surface area contributed by atoms with E-state index in [4.69, 9.17) is 5.73 Å². The highest BCUT2D eigenvalue weighted by atomic mass is 16.1. The van der Waals surface area contributed by atoms with Gasteiger partial charge in [-0.1, -0.05) is 6.42 Å². The average molecular weight is 221 g/mol. The van der Waals surface area contributed by atoms with Gasteiger partial charge in [-0.2, -0.15) is 0 Å². The predicted molar refractivity (Wildman–Crippen MR) is 63.9 cm³/mol. The lowest BCUT2D eigenvalue weighted by Crippen LogP contribution is -2.49. The van der Waals surface area contributed by atoms with E-state index >= 15 is 0 Å². The van der Waals surface area contributed by atoms with Crippen LogP contribution in [0.15, 0.2) is 0 Å². The molecule has 3 rings (SSSR count). The molecule has 0 aromatic carbocycles. The third-order valence-corrected chi connectivity index (χ3v) is 5.85. The summed E-state index contributed by atoms with van der Waals surface area (Å²) in [5.74, 6) is 2.33. The van der Waals surface area contributed by atoms with Gasteiger partial charge in [-0.3, -0.25) is 4.79 Å². The van der Waals surface area contributed by atoms with Crippen LogP contribution in [0.2, 0.25) is 0 Å². The molecule has 0 saturated heterocycles. The molecule has 2 heteroatoms. The highest BCUT2D eigenvalue weighted by molar-refractivity contribution is 5.78. The van der Waals surface area contributed by atoms with E-state index in [0.29, 0.717) is 23.2 Å². The number of nitrogens with two attached hydrogens (primary N) is 1. The molecular formula is C14H23NO. The molecular weight excluding hydrogens is 198 g/mol. The number of hydrogen-bond donors (Lipinski definition) is 1. The molecule has 3 aliphatic rings. The van der Waals surface area contributed by atoms with Gasteiger partial charge in [0.05, 0.1) is 0 Å². The fraction of sp³-hybridized carbons (Fsp3) is 0.929. The normalized spacial score (nSPS) is 51.1. The molecule has 0 radical (unpaired) electrons. The Morgan fingerprint density at radius 2 is 2.12 bits per heavy atom. The maximum absolute atomic E-state index is 11.6. The van der Waals surface area contributed by atoms with Crippen LogP contribution in [0.3, 0.4) is 0 Å². The van der Waals surface area contributed by atoms with E-state index in [1.165, 1.54) is 32.1 Å². The maximum Gasteiger partial charge on any atom is 0.132 e. The monoisotopic (exact) mass is 221 g/mol. The van der Waals surface area contributed by atoms with Crippen LogP contribution in [0, 0.1) is 23.2 Å². The maximum atomic E-state index is 11.6. The van der Waals surface area contributed by atoms with Crippen molar-refractivity contribution >= 4 is 5.78 Å². The first-order chi connectivity index (χ1) is 7.63. The zero-order chi connectivity index (χ0) is 11.3. The van der Waals surface area contributed by atoms with Crippen molar-refractivity contribution in [1.82, 2.24) is 0 Å². The van der Waals surface area contributed by atoms with E-state index in [9.17, 15) is 4.79 Å². The predicted octanol–water partition coefficient (Wildman–Crippen LogP) is 2.51. The van der Waals surface area contributed by atoms with Crippen LogP contribution in [0.1, 0.15) is 51.9 Å². The molecule has 5 atom stereocenters. The van der Waals surface area contributed by atoms with E-state index in [2.05, 4.69) is 0 Å². The highest BCUT2D eigenvalue weighted by Crippen LogP contribution is 2.61. The Morgan fingerprint density at radius 3 is 2.75 bits per heavy atom. The van der Waals surface area contributed by atoms with Crippen LogP contribution in [-0.4, -0.2) is 11.8 Å². The lowest BCUT2D eigenvalue weighted by Gasteiger charge is -2.47. The number of carbonyl (C=O) groups excluding carboxylic acids is 1. The van der Waals surface area contributed by atoms with Crippen molar-refractivity contribution in [3.63, 3.8) is 0 Å². The second-order valence-electron chi connectivity index (χ2n) is 6.43. The summed E-state index contributed by atoms with van der Waals surface area (Å²) in [6, 6.07) is 0.397. The van der Waals surface area contributed by atoms with Crippen molar-refractivity contribution < 1.29 is 4.79 Å². The molecule has 90 valence electrons. The van der Waals surface area contributed by atoms with Gasteiger partial charge < -0.3 is 5.73 Å². The average Bonchev–Trinajstić information content (AvgIpc) is 2.84. The molecule has 0 aromatic heterocycles. The van der Waals surface area contributed by atoms with Crippen molar-refractivity contribution in [2.24, 2.45) is 28.9 Å². The van der Waals surface area contributed by atoms with Crippen LogP contribution in [-0.2, 0) is 4.79 Å². The van der Waals surface area contributed by atoms with Crippen molar-refractivity contribution in [2.45, 2.75) is 57.9 Å². The zero-order valence-corrected chi connectivity index (χ0v) is 10.2. The quantitative estimate of drug-likeness (QED) is 0.739. The van der Waals surface area contributed by atoms with Gasteiger partial charge in [0, 0.05) is 12.0 Å². The first kappa shape index (κ1) is 10.8. The van der Waals surface area contributed by atoms with Crippen molar-refractivity contribution in [1.29, 1.82) is 0 Å². The van der Waals surface area contributed by atoms with E-state index in [0.717, 1.165) is 24.7 Å². The Balaban J connectivity index is 1.85. The summed E-state index contributed by atoms with van der Waals surface area (Å²) < 4.78 is 0. The molecule has 0 amide bonds. The summed E-state index contributed by atoms with van der Waals surface area (Å²) in [7, 11) is 0. The Labute approximate surface area is 98.0 Å². The van der Waals surface area contributed by atoms with Crippen LogP contribution in [0.25, 0.3) is 0 Å². The molecule has 2 nitrogen and oxygen atoms in total. The molecule has 0 aromatic rings. The number of fused-ring (bicyclic) bond motifs is 3. The first-order valence-corrected chi connectivity index (χ1v) is 6.89. The van der Waals surface area contributed by atoms with Gasteiger partial charge in [-0.05, 0) is 62.7 Å². The van der Waals surface area contributed by atoms with Crippen molar-refractivity contribution in [2.75, 3.05) is 0 Å². The SMILES string of the molecule is CC(=O)[C@@H]1CCC[C@@]2(C1)[C@@H]1CC[C@@H](C1)[C@@H]2N. The van der Waals surface area contributed by atoms with Crippen molar-refractivity contribution in [3.8, 4) is 0 Å². The summed E-state index contributed by atoms with van der Waals surface area (Å²) in [6.07, 6.45) is 8.80. The van der Waals surface area contributed by atoms with Crippen molar-refractivity contribution in [3.05, 3.63) is 0 Å². The largest absolute Gasteiger partial charge is 0.327 e. The second kappa shape index (κ2) is 3.56. The third kappa shape index (κ3) is 1.32. The minimum atomic E-state index is 0.319. The number of carbonyl (C=O) groups is 1. The van der Waals surface area contributed by atoms with Gasteiger partial charge in [0.1, 0.15) is 5.78 Å². The molecule has 0 unspecified atom stereocenters.